The van der Waals surface area contributed by atoms with Crippen molar-refractivity contribution < 1.29 is 53.7 Å². The molecule has 1 aromatic carbocycles. The van der Waals surface area contributed by atoms with Crippen LogP contribution in [0.5, 0.6) is 5.75 Å². The predicted octanol–water partition coefficient (Wildman–Crippen LogP) is -1.00. The van der Waals surface area contributed by atoms with Crippen LogP contribution in [0.2, 0.25) is 0 Å². The lowest BCUT2D eigenvalue weighted by Gasteiger charge is -2.33. The van der Waals surface area contributed by atoms with E-state index in [0.717, 1.165) is 32.1 Å². The van der Waals surface area contributed by atoms with Crippen LogP contribution in [0.25, 0.3) is 0 Å². The van der Waals surface area contributed by atoms with Gasteiger partial charge < -0.3 is 63.6 Å². The van der Waals surface area contributed by atoms with Crippen LogP contribution in [0.1, 0.15) is 97.0 Å². The molecule has 2 aliphatic rings. The highest BCUT2D eigenvalue weighted by atomic mass is 32.1. The van der Waals surface area contributed by atoms with E-state index in [2.05, 4.69) is 44.5 Å². The third-order valence-corrected chi connectivity index (χ3v) is 12.9. The summed E-state index contributed by atoms with van der Waals surface area (Å²) in [5.41, 5.74) is 12.0. The lowest BCUT2D eigenvalue weighted by molar-refractivity contribution is -0.145. The van der Waals surface area contributed by atoms with Gasteiger partial charge in [0.25, 0.3) is 0 Å². The first-order valence-corrected chi connectivity index (χ1v) is 23.4. The van der Waals surface area contributed by atoms with Crippen molar-refractivity contribution in [3.63, 3.8) is 0 Å². The van der Waals surface area contributed by atoms with Crippen LogP contribution >= 0.6 is 25.3 Å². The second-order valence-electron chi connectivity index (χ2n) is 17.1. The Morgan fingerprint density at radius 2 is 1.40 bits per heavy atom. The number of aromatic hydroxyl groups is 1. The van der Waals surface area contributed by atoms with E-state index in [1.165, 1.54) is 24.0 Å². The smallest absolute Gasteiger partial charge is 0.326 e. The number of aliphatic hydroxyl groups is 1. The number of carboxylic acid groups (broad SMARTS) is 1. The van der Waals surface area contributed by atoms with Crippen molar-refractivity contribution in [2.24, 2.45) is 17.4 Å². The Morgan fingerprint density at radius 1 is 0.800 bits per heavy atom. The molecular formula is C43H69N9O11S2. The van der Waals surface area contributed by atoms with Gasteiger partial charge in [-0.15, -0.1) is 0 Å². The zero-order chi connectivity index (χ0) is 48.4. The fraction of sp³-hybridized carbons (Fsp3) is 0.674. The molecule has 7 amide bonds. The summed E-state index contributed by atoms with van der Waals surface area (Å²) in [6.07, 6.45) is 4.49. The molecule has 1 aliphatic heterocycles. The number of carbonyl (C=O) groups excluding carboxylic acids is 7. The van der Waals surface area contributed by atoms with Crippen LogP contribution in [0, 0.1) is 5.92 Å². The van der Waals surface area contributed by atoms with Crippen molar-refractivity contribution in [2.75, 3.05) is 25.4 Å². The van der Waals surface area contributed by atoms with Crippen LogP contribution in [0.3, 0.4) is 0 Å². The summed E-state index contributed by atoms with van der Waals surface area (Å²) in [6.45, 7) is 4.61. The minimum atomic E-state index is -1.66. The largest absolute Gasteiger partial charge is 0.508 e. The number of aliphatic carboxylic acids is 1. The third-order valence-electron chi connectivity index (χ3n) is 12.0. The maximum Gasteiger partial charge on any atom is 0.326 e. The highest BCUT2D eigenvalue weighted by molar-refractivity contribution is 7.81. The summed E-state index contributed by atoms with van der Waals surface area (Å²) in [4.78, 5) is 108. The molecule has 1 saturated carbocycles. The predicted molar refractivity (Wildman–Crippen MR) is 248 cm³/mol. The molecule has 0 unspecified atom stereocenters. The van der Waals surface area contributed by atoms with E-state index < -0.39 is 113 Å². The number of carboxylic acids is 1. The molecule has 3 rings (SSSR count). The van der Waals surface area contributed by atoms with Crippen LogP contribution in [-0.4, -0.2) is 146 Å². The Morgan fingerprint density at radius 3 is 1.97 bits per heavy atom. The Balaban J connectivity index is 1.72. The molecule has 1 aliphatic carbocycles. The number of hydrogen-bond donors (Lipinski definition) is 13. The van der Waals surface area contributed by atoms with Gasteiger partial charge in [-0.2, -0.15) is 25.3 Å². The number of benzene rings is 1. The lowest BCUT2D eigenvalue weighted by Crippen LogP contribution is -2.63. The standard InChI is InChI=1S/C43H69N9O11S2/c1-4-24(2)34(50-36(56)29(20-26-12-14-27(54)15-13-26)46-33(55)21-43(65)16-6-5-7-17-43)39(59)51-35(25(3)53)40(60)48-30(22-45)37(57)49-31(23-64)41(61)52-19-9-11-32(52)38(58)47-28(42(62)63)10-8-18-44/h12-15,24-25,28-32,34-35,53-54,64-65H,4-11,16-23,44-45H2,1-3H3,(H,46,55)(H,47,58)(H,48,60)(H,49,57)(H,50,56)(H,51,59)(H,62,63)/t24-,25+,28-,29+,30-,31-,32-,34-,35-/m0/s1. The molecule has 0 spiro atoms. The minimum absolute atomic E-state index is 0.0109. The molecule has 22 heteroatoms. The maximum absolute atomic E-state index is 14.0. The third kappa shape index (κ3) is 16.6. The van der Waals surface area contributed by atoms with E-state index >= 15 is 0 Å². The minimum Gasteiger partial charge on any atom is -0.508 e. The summed E-state index contributed by atoms with van der Waals surface area (Å²) in [5, 5.41) is 45.5. The van der Waals surface area contributed by atoms with Crippen molar-refractivity contribution >= 4 is 72.6 Å². The topological polar surface area (TPSA) is 325 Å². The highest BCUT2D eigenvalue weighted by Gasteiger charge is 2.40. The Kier molecular flexibility index (Phi) is 22.3. The number of aliphatic hydroxyl groups excluding tert-OH is 1. The highest BCUT2D eigenvalue weighted by Crippen LogP contribution is 2.36. The van der Waals surface area contributed by atoms with Crippen molar-refractivity contribution in [1.29, 1.82) is 0 Å². The molecule has 0 bridgehead atoms. The number of likely N-dealkylation sites (tertiary alicyclic amines) is 1. The number of phenolic OH excluding ortho intramolecular Hbond substituents is 1. The van der Waals surface area contributed by atoms with Crippen molar-refractivity contribution in [2.45, 2.75) is 151 Å². The van der Waals surface area contributed by atoms with E-state index in [1.54, 1.807) is 26.0 Å². The number of carbonyl (C=O) groups is 8. The van der Waals surface area contributed by atoms with Crippen molar-refractivity contribution in [3.8, 4) is 5.75 Å². The SMILES string of the molecule is CC[C@H](C)[C@H](NC(=O)[C@@H](Cc1ccc(O)cc1)NC(=O)CC1(S)CCCCC1)C(=O)N[C@H](C(=O)N[C@@H](CN)C(=O)N[C@@H](CS)C(=O)N1CCC[C@H]1C(=O)N[C@@H](CCCN)C(=O)O)[C@@H](C)O. The molecular weight excluding hydrogens is 883 g/mol. The number of nitrogens with two attached hydrogens (primary N) is 2. The first-order valence-electron chi connectivity index (χ1n) is 22.3. The van der Waals surface area contributed by atoms with E-state index in [9.17, 15) is 53.7 Å². The lowest BCUT2D eigenvalue weighted by atomic mass is 9.85. The van der Waals surface area contributed by atoms with Gasteiger partial charge in [0.1, 0.15) is 48.0 Å². The molecule has 0 radical (unpaired) electrons. The van der Waals surface area contributed by atoms with Crippen molar-refractivity contribution in [1.82, 2.24) is 36.8 Å². The zero-order valence-corrected chi connectivity index (χ0v) is 39.2. The zero-order valence-electron chi connectivity index (χ0n) is 37.4. The van der Waals surface area contributed by atoms with Gasteiger partial charge in [-0.1, -0.05) is 51.7 Å². The Labute approximate surface area is 391 Å². The molecule has 13 N–H and O–H groups in total. The van der Waals surface area contributed by atoms with Gasteiger partial charge >= 0.3 is 5.97 Å². The average molecular weight is 952 g/mol. The molecule has 20 nitrogen and oxygen atoms in total. The number of amides is 7. The summed E-state index contributed by atoms with van der Waals surface area (Å²) in [6, 6.07) is -2.95. The van der Waals surface area contributed by atoms with Crippen LogP contribution in [-0.2, 0) is 44.8 Å². The van der Waals surface area contributed by atoms with Crippen LogP contribution < -0.4 is 43.4 Å². The van der Waals surface area contributed by atoms with Crippen LogP contribution in [0.15, 0.2) is 24.3 Å². The maximum atomic E-state index is 14.0. The molecule has 1 saturated heterocycles. The first kappa shape index (κ1) is 54.7. The molecule has 1 heterocycles. The van der Waals surface area contributed by atoms with E-state index in [4.69, 9.17) is 24.1 Å². The summed E-state index contributed by atoms with van der Waals surface area (Å²) in [7, 11) is 0. The molecule has 2 fully saturated rings. The summed E-state index contributed by atoms with van der Waals surface area (Å²) < 4.78 is -0.523. The van der Waals surface area contributed by atoms with Gasteiger partial charge in [0.15, 0.2) is 0 Å². The molecule has 9 atom stereocenters. The second kappa shape index (κ2) is 26.5. The molecule has 1 aromatic rings. The molecule has 65 heavy (non-hydrogen) atoms. The van der Waals surface area contributed by atoms with E-state index in [0.29, 0.717) is 24.8 Å². The number of nitrogens with one attached hydrogen (secondary N) is 6. The monoisotopic (exact) mass is 951 g/mol. The van der Waals surface area contributed by atoms with Crippen LogP contribution in [0.4, 0.5) is 0 Å². The Bertz CT molecular complexity index is 1800. The molecule has 364 valence electrons. The number of rotatable bonds is 25. The fourth-order valence-electron chi connectivity index (χ4n) is 7.91. The summed E-state index contributed by atoms with van der Waals surface area (Å²) >= 11 is 9.03. The first-order chi connectivity index (χ1) is 30.8. The number of hydrogen-bond acceptors (Lipinski definition) is 14. The quantitative estimate of drug-likeness (QED) is 0.0524. The second-order valence-corrected chi connectivity index (χ2v) is 18.4. The van der Waals surface area contributed by atoms with Crippen molar-refractivity contribution in [3.05, 3.63) is 29.8 Å². The van der Waals surface area contributed by atoms with Gasteiger partial charge in [0.2, 0.25) is 41.4 Å². The number of nitrogens with zero attached hydrogens (tertiary/aromatic N) is 1. The Hall–Kier alpha value is -4.64. The average Bonchev–Trinajstić information content (AvgIpc) is 3.77. The number of thiol groups is 2. The van der Waals surface area contributed by atoms with Gasteiger partial charge in [-0.05, 0) is 75.6 Å². The van der Waals surface area contributed by atoms with Gasteiger partial charge in [0, 0.05) is 36.4 Å². The fourth-order valence-corrected chi connectivity index (χ4v) is 8.62. The van der Waals surface area contributed by atoms with Gasteiger partial charge in [0.05, 0.1) is 6.10 Å². The normalized spacial score (nSPS) is 19.4. The van der Waals surface area contributed by atoms with E-state index in [-0.39, 0.29) is 50.3 Å². The van der Waals surface area contributed by atoms with Gasteiger partial charge in [-0.3, -0.25) is 33.6 Å². The number of phenols is 1. The summed E-state index contributed by atoms with van der Waals surface area (Å²) in [5.74, 6) is -7.16. The molecule has 0 aromatic heterocycles. The van der Waals surface area contributed by atoms with Gasteiger partial charge in [-0.25, -0.2) is 4.79 Å². The van der Waals surface area contributed by atoms with E-state index in [1.807, 2.05) is 0 Å².